The van der Waals surface area contributed by atoms with Crippen LogP contribution in [0.25, 0.3) is 0 Å². The molecular weight excluding hydrogens is 150 g/mol. The first-order valence-corrected chi connectivity index (χ1v) is 4.41. The maximum atomic E-state index is 4.04. The number of nitrogens with one attached hydrogen (secondary N) is 1. The van der Waals surface area contributed by atoms with Gasteiger partial charge in [-0.25, -0.2) is 0 Å². The first-order valence-electron chi connectivity index (χ1n) is 4.41. The molecule has 0 atom stereocenters. The predicted molar refractivity (Wildman–Crippen MR) is 55.1 cm³/mol. The fraction of sp³-hybridized carbons (Fsp3) is 0.778. The Kier molecular flexibility index (Phi) is 6.57. The van der Waals surface area contributed by atoms with Crippen molar-refractivity contribution < 1.29 is 0 Å². The van der Waals surface area contributed by atoms with E-state index in [1.807, 2.05) is 20.8 Å². The molecule has 12 heavy (non-hydrogen) atoms. The van der Waals surface area contributed by atoms with Gasteiger partial charge in [0.15, 0.2) is 0 Å². The van der Waals surface area contributed by atoms with E-state index in [1.54, 1.807) is 0 Å². The summed E-state index contributed by atoms with van der Waals surface area (Å²) in [7, 11) is 0. The van der Waals surface area contributed by atoms with Crippen LogP contribution < -0.4 is 5.32 Å². The molecule has 0 saturated heterocycles. The predicted octanol–water partition coefficient (Wildman–Crippen LogP) is 1.84. The summed E-state index contributed by atoms with van der Waals surface area (Å²) < 4.78 is 0. The molecule has 0 aromatic carbocycles. The molecule has 0 aliphatic rings. The first kappa shape index (κ1) is 11.3. The van der Waals surface area contributed by atoms with Gasteiger partial charge in [-0.2, -0.15) is 10.2 Å². The lowest BCUT2D eigenvalue weighted by molar-refractivity contribution is 0.739. The van der Waals surface area contributed by atoms with Crippen LogP contribution in [0.3, 0.4) is 0 Å². The third-order valence-corrected chi connectivity index (χ3v) is 1.23. The highest BCUT2D eigenvalue weighted by Crippen LogP contribution is 1.81. The Labute approximate surface area is 75.0 Å². The molecule has 0 unspecified atom stereocenters. The molecule has 70 valence electrons. The zero-order valence-corrected chi connectivity index (χ0v) is 8.52. The Morgan fingerprint density at radius 2 is 1.83 bits per heavy atom. The van der Waals surface area contributed by atoms with Gasteiger partial charge in [0.05, 0.1) is 5.71 Å². The third kappa shape index (κ3) is 7.41. The van der Waals surface area contributed by atoms with Gasteiger partial charge in [0, 0.05) is 12.3 Å². The van der Waals surface area contributed by atoms with Gasteiger partial charge >= 0.3 is 0 Å². The average Bonchev–Trinajstić information content (AvgIpc) is 2.01. The van der Waals surface area contributed by atoms with Crippen molar-refractivity contribution in [3.05, 3.63) is 0 Å². The minimum Gasteiger partial charge on any atom is -0.311 e. The monoisotopic (exact) mass is 169 g/mol. The molecule has 0 fully saturated rings. The number of hydrogen-bond donors (Lipinski definition) is 1. The lowest BCUT2D eigenvalue weighted by atomic mass is 10.4. The van der Waals surface area contributed by atoms with Crippen LogP contribution in [0.15, 0.2) is 10.2 Å². The van der Waals surface area contributed by atoms with Crippen molar-refractivity contribution in [3.8, 4) is 0 Å². The van der Waals surface area contributed by atoms with Crippen LogP contribution in [0.4, 0.5) is 0 Å². The molecule has 0 amide bonds. The topological polar surface area (TPSA) is 36.8 Å². The van der Waals surface area contributed by atoms with Gasteiger partial charge in [-0.15, -0.1) is 0 Å². The Hall–Kier alpha value is -0.700. The van der Waals surface area contributed by atoms with Gasteiger partial charge in [-0.05, 0) is 33.7 Å². The normalized spacial score (nSPS) is 11.5. The van der Waals surface area contributed by atoms with E-state index in [-0.39, 0.29) is 0 Å². The van der Waals surface area contributed by atoms with Crippen molar-refractivity contribution in [1.29, 1.82) is 0 Å². The SMILES string of the molecule is CCCNC/C(C)=N/N=C(C)C. The maximum Gasteiger partial charge on any atom is 0.0512 e. The standard InChI is InChI=1S/C9H19N3/c1-5-6-10-7-9(4)12-11-8(2)3/h10H,5-7H2,1-4H3/b12-9+. The summed E-state index contributed by atoms with van der Waals surface area (Å²) >= 11 is 0. The van der Waals surface area contributed by atoms with Crippen LogP contribution in [0.5, 0.6) is 0 Å². The maximum absolute atomic E-state index is 4.04. The van der Waals surface area contributed by atoms with E-state index in [4.69, 9.17) is 0 Å². The van der Waals surface area contributed by atoms with Crippen molar-refractivity contribution in [1.82, 2.24) is 5.32 Å². The summed E-state index contributed by atoms with van der Waals surface area (Å²) in [5, 5.41) is 11.3. The molecule has 0 aliphatic carbocycles. The molecule has 3 heteroatoms. The highest BCUT2D eigenvalue weighted by Gasteiger charge is 1.88. The minimum atomic E-state index is 0.838. The summed E-state index contributed by atoms with van der Waals surface area (Å²) in [4.78, 5) is 0. The molecule has 0 radical (unpaired) electrons. The summed E-state index contributed by atoms with van der Waals surface area (Å²) in [5.41, 5.74) is 2.02. The molecule has 0 aromatic heterocycles. The summed E-state index contributed by atoms with van der Waals surface area (Å²) in [6.07, 6.45) is 1.16. The van der Waals surface area contributed by atoms with Gasteiger partial charge in [-0.1, -0.05) is 6.92 Å². The van der Waals surface area contributed by atoms with E-state index in [1.165, 1.54) is 0 Å². The van der Waals surface area contributed by atoms with E-state index in [9.17, 15) is 0 Å². The van der Waals surface area contributed by atoms with E-state index >= 15 is 0 Å². The van der Waals surface area contributed by atoms with Crippen LogP contribution in [-0.4, -0.2) is 24.5 Å². The number of hydrogen-bond acceptors (Lipinski definition) is 3. The van der Waals surface area contributed by atoms with Crippen LogP contribution in [0.2, 0.25) is 0 Å². The van der Waals surface area contributed by atoms with E-state index in [2.05, 4.69) is 22.4 Å². The fourth-order valence-electron chi connectivity index (χ4n) is 0.667. The van der Waals surface area contributed by atoms with Crippen LogP contribution >= 0.6 is 0 Å². The highest BCUT2D eigenvalue weighted by molar-refractivity contribution is 5.85. The number of rotatable bonds is 5. The second-order valence-electron chi connectivity index (χ2n) is 3.06. The largest absolute Gasteiger partial charge is 0.311 e. The zero-order chi connectivity index (χ0) is 9.40. The Balaban J connectivity index is 3.63. The molecular formula is C9H19N3. The van der Waals surface area contributed by atoms with Gasteiger partial charge in [0.2, 0.25) is 0 Å². The Morgan fingerprint density at radius 1 is 1.17 bits per heavy atom. The van der Waals surface area contributed by atoms with Crippen LogP contribution in [0.1, 0.15) is 34.1 Å². The number of nitrogens with zero attached hydrogens (tertiary/aromatic N) is 2. The van der Waals surface area contributed by atoms with E-state index < -0.39 is 0 Å². The van der Waals surface area contributed by atoms with Crippen molar-refractivity contribution >= 4 is 11.4 Å². The van der Waals surface area contributed by atoms with Gasteiger partial charge in [0.25, 0.3) is 0 Å². The molecule has 0 saturated carbocycles. The second-order valence-corrected chi connectivity index (χ2v) is 3.06. The summed E-state index contributed by atoms with van der Waals surface area (Å²) in [5.74, 6) is 0. The average molecular weight is 169 g/mol. The lowest BCUT2D eigenvalue weighted by Gasteiger charge is -1.99. The van der Waals surface area contributed by atoms with Crippen molar-refractivity contribution in [2.45, 2.75) is 34.1 Å². The van der Waals surface area contributed by atoms with Crippen molar-refractivity contribution in [3.63, 3.8) is 0 Å². The Morgan fingerprint density at radius 3 is 2.33 bits per heavy atom. The van der Waals surface area contributed by atoms with Crippen LogP contribution in [0, 0.1) is 0 Å². The third-order valence-electron chi connectivity index (χ3n) is 1.23. The van der Waals surface area contributed by atoms with Gasteiger partial charge in [0.1, 0.15) is 0 Å². The van der Waals surface area contributed by atoms with E-state index in [0.717, 1.165) is 30.9 Å². The fourth-order valence-corrected chi connectivity index (χ4v) is 0.667. The molecule has 0 bridgehead atoms. The quantitative estimate of drug-likeness (QED) is 0.380. The first-order chi connectivity index (χ1) is 5.66. The molecule has 3 nitrogen and oxygen atoms in total. The summed E-state index contributed by atoms with van der Waals surface area (Å²) in [6, 6.07) is 0. The van der Waals surface area contributed by atoms with Crippen molar-refractivity contribution in [2.24, 2.45) is 10.2 Å². The Bertz CT molecular complexity index is 167. The molecule has 0 aliphatic heterocycles. The molecule has 0 rings (SSSR count). The zero-order valence-electron chi connectivity index (χ0n) is 8.52. The second kappa shape index (κ2) is 6.98. The van der Waals surface area contributed by atoms with Crippen molar-refractivity contribution in [2.75, 3.05) is 13.1 Å². The smallest absolute Gasteiger partial charge is 0.0512 e. The molecule has 0 spiro atoms. The van der Waals surface area contributed by atoms with Gasteiger partial charge in [-0.3, -0.25) is 0 Å². The van der Waals surface area contributed by atoms with Crippen LogP contribution in [-0.2, 0) is 0 Å². The molecule has 0 aromatic rings. The highest BCUT2D eigenvalue weighted by atomic mass is 15.2. The lowest BCUT2D eigenvalue weighted by Crippen LogP contribution is -2.21. The molecule has 0 heterocycles. The molecule has 1 N–H and O–H groups in total. The van der Waals surface area contributed by atoms with Gasteiger partial charge < -0.3 is 5.32 Å². The minimum absolute atomic E-state index is 0.838. The summed E-state index contributed by atoms with van der Waals surface area (Å²) in [6.45, 7) is 9.89. The van der Waals surface area contributed by atoms with E-state index in [0.29, 0.717) is 0 Å².